The lowest BCUT2D eigenvalue weighted by atomic mass is 10.1. The van der Waals surface area contributed by atoms with Gasteiger partial charge in [-0.15, -0.1) is 0 Å². The van der Waals surface area contributed by atoms with Crippen LogP contribution < -0.4 is 9.47 Å². The van der Waals surface area contributed by atoms with Crippen molar-refractivity contribution < 1.29 is 19.1 Å². The highest BCUT2D eigenvalue weighted by Crippen LogP contribution is 2.47. The normalized spacial score (nSPS) is 24.2. The lowest BCUT2D eigenvalue weighted by Gasteiger charge is -2.01. The van der Waals surface area contributed by atoms with E-state index in [-0.39, 0.29) is 12.5 Å². The van der Waals surface area contributed by atoms with Crippen LogP contribution in [0.25, 0.3) is 0 Å². The van der Waals surface area contributed by atoms with E-state index in [1.54, 1.807) is 0 Å². The van der Waals surface area contributed by atoms with Crippen molar-refractivity contribution in [3.63, 3.8) is 0 Å². The molecule has 2 heterocycles. The summed E-state index contributed by atoms with van der Waals surface area (Å²) in [6.07, 6.45) is -1.16. The number of hydrogen-bond donors (Lipinski definition) is 0. The second-order valence-corrected chi connectivity index (χ2v) is 3.63. The van der Waals surface area contributed by atoms with Crippen LogP contribution in [0.2, 0.25) is 0 Å². The van der Waals surface area contributed by atoms with E-state index in [1.165, 1.54) is 12.1 Å². The Morgan fingerprint density at radius 2 is 2.12 bits per heavy atom. The van der Waals surface area contributed by atoms with Gasteiger partial charge in [0.2, 0.25) is 6.79 Å². The molecule has 3 rings (SSSR count). The predicted octanol–water partition coefficient (Wildman–Crippen LogP) is 1.29. The molecule has 7 heteroatoms. The molecule has 0 saturated carbocycles. The lowest BCUT2D eigenvalue weighted by molar-refractivity contribution is -0.385. The van der Waals surface area contributed by atoms with Crippen molar-refractivity contribution in [3.8, 4) is 17.6 Å². The molecule has 0 aliphatic carbocycles. The van der Waals surface area contributed by atoms with E-state index in [4.69, 9.17) is 19.5 Å². The second-order valence-electron chi connectivity index (χ2n) is 3.63. The molecule has 0 amide bonds. The molecule has 0 aromatic heterocycles. The molecule has 2 atom stereocenters. The number of benzene rings is 1. The van der Waals surface area contributed by atoms with Crippen LogP contribution in [0, 0.1) is 21.4 Å². The van der Waals surface area contributed by atoms with Crippen LogP contribution in [0.3, 0.4) is 0 Å². The molecule has 1 aromatic carbocycles. The van der Waals surface area contributed by atoms with Crippen molar-refractivity contribution in [1.82, 2.24) is 0 Å². The molecule has 0 radical (unpaired) electrons. The molecule has 2 unspecified atom stereocenters. The molecule has 0 N–H and O–H groups in total. The fraction of sp³-hybridized carbons (Fsp3) is 0.300. The first-order chi connectivity index (χ1) is 8.20. The van der Waals surface area contributed by atoms with Crippen molar-refractivity contribution in [2.45, 2.75) is 12.2 Å². The standard InChI is InChI=1S/C10H6N2O5/c11-3-9-10(17-9)5-1-7-8(16-4-15-7)2-6(5)12(13)14/h1-2,9-10H,4H2. The summed E-state index contributed by atoms with van der Waals surface area (Å²) in [5.41, 5.74) is 0.239. The summed E-state index contributed by atoms with van der Waals surface area (Å²) in [7, 11) is 0. The van der Waals surface area contributed by atoms with E-state index in [0.29, 0.717) is 17.1 Å². The van der Waals surface area contributed by atoms with Gasteiger partial charge in [0.15, 0.2) is 17.6 Å². The topological polar surface area (TPSA) is 97.9 Å². The van der Waals surface area contributed by atoms with Crippen LogP contribution in [-0.4, -0.2) is 17.8 Å². The Balaban J connectivity index is 2.07. The number of rotatable bonds is 2. The SMILES string of the molecule is N#CC1OC1c1cc2c(cc1[N+](=O)[O-])OCO2. The van der Waals surface area contributed by atoms with Crippen molar-refractivity contribution >= 4 is 5.69 Å². The molecule has 2 aliphatic rings. The van der Waals surface area contributed by atoms with Gasteiger partial charge in [0.25, 0.3) is 5.69 Å². The van der Waals surface area contributed by atoms with Gasteiger partial charge < -0.3 is 14.2 Å². The molecule has 2 aliphatic heterocycles. The van der Waals surface area contributed by atoms with Gasteiger partial charge in [0.05, 0.1) is 22.6 Å². The number of nitrogens with zero attached hydrogens (tertiary/aromatic N) is 2. The fourth-order valence-electron chi connectivity index (χ4n) is 1.78. The maximum Gasteiger partial charge on any atom is 0.279 e. The number of ether oxygens (including phenoxy) is 3. The minimum absolute atomic E-state index is 0.0448. The van der Waals surface area contributed by atoms with Crippen LogP contribution in [0.5, 0.6) is 11.5 Å². The third-order valence-electron chi connectivity index (χ3n) is 2.64. The molecular weight excluding hydrogens is 228 g/mol. The third kappa shape index (κ3) is 1.46. The first kappa shape index (κ1) is 9.86. The molecule has 1 fully saturated rings. The van der Waals surface area contributed by atoms with E-state index in [2.05, 4.69) is 0 Å². The van der Waals surface area contributed by atoms with Gasteiger partial charge in [-0.25, -0.2) is 0 Å². The van der Waals surface area contributed by atoms with E-state index in [9.17, 15) is 10.1 Å². The maximum atomic E-state index is 10.9. The van der Waals surface area contributed by atoms with E-state index in [1.807, 2.05) is 6.07 Å². The zero-order chi connectivity index (χ0) is 12.0. The van der Waals surface area contributed by atoms with Gasteiger partial charge in [-0.2, -0.15) is 5.26 Å². The summed E-state index contributed by atoms with van der Waals surface area (Å²) in [6.45, 7) is 0.0448. The van der Waals surface area contributed by atoms with Gasteiger partial charge in [-0.1, -0.05) is 0 Å². The van der Waals surface area contributed by atoms with Gasteiger partial charge in [-0.3, -0.25) is 10.1 Å². The lowest BCUT2D eigenvalue weighted by Crippen LogP contribution is -1.96. The van der Waals surface area contributed by atoms with Crippen molar-refractivity contribution in [2.75, 3.05) is 6.79 Å². The zero-order valence-electron chi connectivity index (χ0n) is 8.45. The van der Waals surface area contributed by atoms with Gasteiger partial charge in [-0.05, 0) is 6.07 Å². The quantitative estimate of drug-likeness (QED) is 0.434. The number of nitro groups is 1. The minimum Gasteiger partial charge on any atom is -0.454 e. The Labute approximate surface area is 95.3 Å². The Kier molecular flexibility index (Phi) is 1.93. The molecule has 7 nitrogen and oxygen atoms in total. The van der Waals surface area contributed by atoms with Crippen LogP contribution in [0.1, 0.15) is 11.7 Å². The summed E-state index contributed by atoms with van der Waals surface area (Å²) in [5, 5.41) is 19.6. The number of nitriles is 1. The summed E-state index contributed by atoms with van der Waals surface area (Å²) in [4.78, 5) is 10.4. The number of epoxide rings is 1. The van der Waals surface area contributed by atoms with Crippen molar-refractivity contribution in [2.24, 2.45) is 0 Å². The smallest absolute Gasteiger partial charge is 0.279 e. The van der Waals surface area contributed by atoms with Gasteiger partial charge >= 0.3 is 0 Å². The Morgan fingerprint density at radius 3 is 2.71 bits per heavy atom. The van der Waals surface area contributed by atoms with Gasteiger partial charge in [0, 0.05) is 0 Å². The molecule has 1 saturated heterocycles. The third-order valence-corrected chi connectivity index (χ3v) is 2.64. The maximum absolute atomic E-state index is 10.9. The van der Waals surface area contributed by atoms with E-state index in [0.717, 1.165) is 0 Å². The highest BCUT2D eigenvalue weighted by atomic mass is 16.7. The zero-order valence-corrected chi connectivity index (χ0v) is 8.45. The summed E-state index contributed by atoms with van der Waals surface area (Å²) in [5.74, 6) is 0.785. The van der Waals surface area contributed by atoms with E-state index < -0.39 is 17.1 Å². The number of hydrogen-bond acceptors (Lipinski definition) is 6. The van der Waals surface area contributed by atoms with Crippen LogP contribution >= 0.6 is 0 Å². The Morgan fingerprint density at radius 1 is 1.41 bits per heavy atom. The number of nitro benzene ring substituents is 1. The average Bonchev–Trinajstić information content (AvgIpc) is 2.96. The first-order valence-corrected chi connectivity index (χ1v) is 4.83. The minimum atomic E-state index is -0.617. The average molecular weight is 234 g/mol. The highest BCUT2D eigenvalue weighted by Gasteiger charge is 2.45. The molecule has 86 valence electrons. The summed E-state index contributed by atoms with van der Waals surface area (Å²) in [6, 6.07) is 4.71. The fourth-order valence-corrected chi connectivity index (χ4v) is 1.78. The summed E-state index contributed by atoms with van der Waals surface area (Å²) >= 11 is 0. The predicted molar refractivity (Wildman–Crippen MR) is 52.4 cm³/mol. The van der Waals surface area contributed by atoms with Gasteiger partial charge in [0.1, 0.15) is 6.10 Å². The van der Waals surface area contributed by atoms with Crippen molar-refractivity contribution in [3.05, 3.63) is 27.8 Å². The first-order valence-electron chi connectivity index (χ1n) is 4.83. The highest BCUT2D eigenvalue weighted by molar-refractivity contribution is 5.57. The number of fused-ring (bicyclic) bond motifs is 1. The Bertz CT molecular complexity index is 550. The largest absolute Gasteiger partial charge is 0.454 e. The van der Waals surface area contributed by atoms with E-state index >= 15 is 0 Å². The van der Waals surface area contributed by atoms with Crippen LogP contribution in [-0.2, 0) is 4.74 Å². The van der Waals surface area contributed by atoms with Crippen LogP contribution in [0.15, 0.2) is 12.1 Å². The molecular formula is C10H6N2O5. The summed E-state index contributed by atoms with van der Waals surface area (Å²) < 4.78 is 15.2. The molecule has 0 spiro atoms. The Hall–Kier alpha value is -2.33. The monoisotopic (exact) mass is 234 g/mol. The second kappa shape index (κ2) is 3.33. The molecule has 1 aromatic rings. The van der Waals surface area contributed by atoms with Crippen LogP contribution in [0.4, 0.5) is 5.69 Å². The molecule has 0 bridgehead atoms. The van der Waals surface area contributed by atoms with Crippen molar-refractivity contribution in [1.29, 1.82) is 5.26 Å². The molecule has 17 heavy (non-hydrogen) atoms.